The minimum Gasteiger partial charge on any atom is -0.477 e. The van der Waals surface area contributed by atoms with Gasteiger partial charge in [0.1, 0.15) is 5.70 Å². The number of carboxylic acids is 1. The predicted molar refractivity (Wildman–Crippen MR) is 33.6 cm³/mol. The summed E-state index contributed by atoms with van der Waals surface area (Å²) in [6.45, 7) is 0.425. The molecule has 9 heavy (non-hydrogen) atoms. The van der Waals surface area contributed by atoms with Crippen molar-refractivity contribution < 1.29 is 9.90 Å². The topological polar surface area (TPSA) is 89.3 Å². The van der Waals surface area contributed by atoms with Gasteiger partial charge in [-0.25, -0.2) is 4.79 Å². The lowest BCUT2D eigenvalue weighted by atomic mass is 10.3. The molecule has 0 aromatic heterocycles. The average molecular weight is 130 g/mol. The molecule has 0 heterocycles. The van der Waals surface area contributed by atoms with Gasteiger partial charge >= 0.3 is 5.97 Å². The molecule has 0 saturated carbocycles. The molecule has 0 aromatic carbocycles. The molecule has 4 nitrogen and oxygen atoms in total. The van der Waals surface area contributed by atoms with Crippen LogP contribution in [0.5, 0.6) is 0 Å². The fraction of sp³-hybridized carbons (Fsp3) is 0.400. The lowest BCUT2D eigenvalue weighted by Gasteiger charge is -1.90. The largest absolute Gasteiger partial charge is 0.477 e. The molecule has 0 radical (unpaired) electrons. The van der Waals surface area contributed by atoms with Gasteiger partial charge in [-0.2, -0.15) is 0 Å². The van der Waals surface area contributed by atoms with Gasteiger partial charge in [0.2, 0.25) is 0 Å². The number of nitrogens with two attached hydrogens (primary N) is 2. The number of hydrogen-bond donors (Lipinski definition) is 3. The minimum atomic E-state index is -1.09. The monoisotopic (exact) mass is 130 g/mol. The van der Waals surface area contributed by atoms with Crippen LogP contribution in [-0.2, 0) is 4.79 Å². The van der Waals surface area contributed by atoms with E-state index >= 15 is 0 Å². The van der Waals surface area contributed by atoms with E-state index in [0.29, 0.717) is 13.0 Å². The van der Waals surface area contributed by atoms with Gasteiger partial charge in [0.05, 0.1) is 0 Å². The summed E-state index contributed by atoms with van der Waals surface area (Å²) in [6.07, 6.45) is 1.90. The van der Waals surface area contributed by atoms with E-state index in [0.717, 1.165) is 0 Å². The molecule has 0 amide bonds. The van der Waals surface area contributed by atoms with E-state index < -0.39 is 5.97 Å². The van der Waals surface area contributed by atoms with Crippen molar-refractivity contribution >= 4 is 5.97 Å². The third kappa shape index (κ3) is 3.54. The maximum absolute atomic E-state index is 9.97. The van der Waals surface area contributed by atoms with E-state index in [-0.39, 0.29) is 5.70 Å². The third-order valence-corrected chi connectivity index (χ3v) is 0.778. The highest BCUT2D eigenvalue weighted by Gasteiger charge is 1.97. The Morgan fingerprint density at radius 1 is 1.67 bits per heavy atom. The molecule has 0 aliphatic rings. The van der Waals surface area contributed by atoms with E-state index in [1.165, 1.54) is 6.08 Å². The van der Waals surface area contributed by atoms with Gasteiger partial charge in [-0.1, -0.05) is 6.08 Å². The standard InChI is InChI=1S/C5H10N2O2/c6-3-1-2-4(7)5(8)9/h2H,1,3,6-7H2,(H,8,9)/b4-2-. The average Bonchev–Trinajstić information content (AvgIpc) is 1.82. The van der Waals surface area contributed by atoms with Gasteiger partial charge in [-0.3, -0.25) is 0 Å². The summed E-state index contributed by atoms with van der Waals surface area (Å²) < 4.78 is 0. The fourth-order valence-electron chi connectivity index (χ4n) is 0.326. The molecule has 0 aromatic rings. The molecule has 5 N–H and O–H groups in total. The molecule has 0 bridgehead atoms. The Bertz CT molecular complexity index is 131. The number of aliphatic carboxylic acids is 1. The lowest BCUT2D eigenvalue weighted by molar-refractivity contribution is -0.132. The smallest absolute Gasteiger partial charge is 0.351 e. The second-order valence-corrected chi connectivity index (χ2v) is 1.54. The Morgan fingerprint density at radius 3 is 2.56 bits per heavy atom. The van der Waals surface area contributed by atoms with Crippen LogP contribution in [0.4, 0.5) is 0 Å². The molecule has 52 valence electrons. The van der Waals surface area contributed by atoms with Gasteiger partial charge in [-0.05, 0) is 13.0 Å². The van der Waals surface area contributed by atoms with E-state index in [4.69, 9.17) is 16.6 Å². The summed E-state index contributed by atoms with van der Waals surface area (Å²) in [7, 11) is 0. The summed E-state index contributed by atoms with van der Waals surface area (Å²) in [5.74, 6) is -1.09. The Hall–Kier alpha value is -1.03. The van der Waals surface area contributed by atoms with Gasteiger partial charge < -0.3 is 16.6 Å². The van der Waals surface area contributed by atoms with Gasteiger partial charge in [0.15, 0.2) is 0 Å². The molecule has 0 rings (SSSR count). The summed E-state index contributed by atoms with van der Waals surface area (Å²) in [4.78, 5) is 9.97. The van der Waals surface area contributed by atoms with Crippen LogP contribution in [0.15, 0.2) is 11.8 Å². The number of carbonyl (C=O) groups is 1. The van der Waals surface area contributed by atoms with Crippen LogP contribution in [0.1, 0.15) is 6.42 Å². The van der Waals surface area contributed by atoms with E-state index in [1.54, 1.807) is 0 Å². The van der Waals surface area contributed by atoms with Crippen LogP contribution in [0, 0.1) is 0 Å². The van der Waals surface area contributed by atoms with Gasteiger partial charge in [-0.15, -0.1) is 0 Å². The highest BCUT2D eigenvalue weighted by molar-refractivity contribution is 5.85. The SMILES string of the molecule is NCC/C=C(\N)C(=O)O. The zero-order chi connectivity index (χ0) is 7.28. The summed E-state index contributed by atoms with van der Waals surface area (Å²) >= 11 is 0. The number of carboxylic acid groups (broad SMARTS) is 1. The van der Waals surface area contributed by atoms with Crippen molar-refractivity contribution in [1.29, 1.82) is 0 Å². The number of rotatable bonds is 3. The maximum atomic E-state index is 9.97. The third-order valence-electron chi connectivity index (χ3n) is 0.778. The minimum absolute atomic E-state index is 0.138. The Labute approximate surface area is 53.1 Å². The van der Waals surface area contributed by atoms with Crippen molar-refractivity contribution in [3.63, 3.8) is 0 Å². The summed E-state index contributed by atoms with van der Waals surface area (Å²) in [6, 6.07) is 0. The zero-order valence-electron chi connectivity index (χ0n) is 5.00. The van der Waals surface area contributed by atoms with Gasteiger partial charge in [0.25, 0.3) is 0 Å². The molecule has 0 spiro atoms. The zero-order valence-corrected chi connectivity index (χ0v) is 5.00. The molecular weight excluding hydrogens is 120 g/mol. The lowest BCUT2D eigenvalue weighted by Crippen LogP contribution is -2.10. The van der Waals surface area contributed by atoms with Crippen LogP contribution < -0.4 is 11.5 Å². The first kappa shape index (κ1) is 7.97. The molecule has 0 aliphatic heterocycles. The maximum Gasteiger partial charge on any atom is 0.351 e. The number of hydrogen-bond acceptors (Lipinski definition) is 3. The Morgan fingerprint density at radius 2 is 2.22 bits per heavy atom. The van der Waals surface area contributed by atoms with Crippen LogP contribution >= 0.6 is 0 Å². The van der Waals surface area contributed by atoms with Crippen molar-refractivity contribution in [1.82, 2.24) is 0 Å². The first-order valence-corrected chi connectivity index (χ1v) is 2.57. The first-order chi connectivity index (χ1) is 4.18. The highest BCUT2D eigenvalue weighted by Crippen LogP contribution is 1.85. The van der Waals surface area contributed by atoms with Crippen LogP contribution in [0.25, 0.3) is 0 Å². The van der Waals surface area contributed by atoms with Crippen LogP contribution in [-0.4, -0.2) is 17.6 Å². The van der Waals surface area contributed by atoms with E-state index in [2.05, 4.69) is 0 Å². The molecule has 0 saturated heterocycles. The normalized spacial score (nSPS) is 11.4. The van der Waals surface area contributed by atoms with Crippen LogP contribution in [0.2, 0.25) is 0 Å². The summed E-state index contributed by atoms with van der Waals surface area (Å²) in [5.41, 5.74) is 9.95. The molecule has 0 atom stereocenters. The highest BCUT2D eigenvalue weighted by atomic mass is 16.4. The van der Waals surface area contributed by atoms with Crippen LogP contribution in [0.3, 0.4) is 0 Å². The Balaban J connectivity index is 3.69. The summed E-state index contributed by atoms with van der Waals surface area (Å²) in [5, 5.41) is 8.17. The molecular formula is C5H10N2O2. The van der Waals surface area contributed by atoms with Crippen molar-refractivity contribution in [2.45, 2.75) is 6.42 Å². The van der Waals surface area contributed by atoms with E-state index in [9.17, 15) is 4.79 Å². The molecule has 0 fully saturated rings. The van der Waals surface area contributed by atoms with Crippen molar-refractivity contribution in [2.24, 2.45) is 11.5 Å². The Kier molecular flexibility index (Phi) is 3.46. The second-order valence-electron chi connectivity index (χ2n) is 1.54. The molecule has 4 heteroatoms. The molecule has 0 aliphatic carbocycles. The van der Waals surface area contributed by atoms with Gasteiger partial charge in [0, 0.05) is 0 Å². The van der Waals surface area contributed by atoms with Crippen molar-refractivity contribution in [3.8, 4) is 0 Å². The fourth-order valence-corrected chi connectivity index (χ4v) is 0.326. The first-order valence-electron chi connectivity index (χ1n) is 2.57. The van der Waals surface area contributed by atoms with Crippen molar-refractivity contribution in [2.75, 3.05) is 6.54 Å². The van der Waals surface area contributed by atoms with Crippen molar-refractivity contribution in [3.05, 3.63) is 11.8 Å². The molecule has 0 unspecified atom stereocenters. The second kappa shape index (κ2) is 3.91. The quantitative estimate of drug-likeness (QED) is 0.439. The predicted octanol–water partition coefficient (Wildman–Crippen LogP) is -0.738. The van der Waals surface area contributed by atoms with E-state index in [1.807, 2.05) is 0 Å².